The Hall–Kier alpha value is -1.65. The number of amides is 1. The van der Waals surface area contributed by atoms with Gasteiger partial charge in [-0.05, 0) is 43.2 Å². The van der Waals surface area contributed by atoms with Crippen molar-refractivity contribution in [3.8, 4) is 10.4 Å². The van der Waals surface area contributed by atoms with E-state index in [4.69, 9.17) is 0 Å². The molecule has 1 fully saturated rings. The predicted molar refractivity (Wildman–Crippen MR) is 102 cm³/mol. The standard InChI is InChI=1S/C20H26N2OS/c1-15-9-11-17(12-10-15)20(23)22(21(2)3)18-13-19(24-14-18)16-7-5-4-6-8-16/h4-8,13-15,17H,9-12H2,1-3H3. The quantitative estimate of drug-likeness (QED) is 0.726. The summed E-state index contributed by atoms with van der Waals surface area (Å²) in [6.45, 7) is 2.29. The smallest absolute Gasteiger partial charge is 0.244 e. The summed E-state index contributed by atoms with van der Waals surface area (Å²) in [5.41, 5.74) is 2.18. The van der Waals surface area contributed by atoms with Gasteiger partial charge in [-0.25, -0.2) is 10.0 Å². The molecular formula is C20H26N2OS. The molecule has 3 rings (SSSR count). The molecule has 0 atom stereocenters. The average molecular weight is 343 g/mol. The Morgan fingerprint density at radius 1 is 1.08 bits per heavy atom. The van der Waals surface area contributed by atoms with Crippen molar-refractivity contribution in [2.75, 3.05) is 19.1 Å². The number of thiophene rings is 1. The minimum Gasteiger partial charge on any atom is -0.273 e. The second-order valence-corrected chi connectivity index (χ2v) is 7.90. The normalized spacial score (nSPS) is 21.0. The van der Waals surface area contributed by atoms with Gasteiger partial charge in [0.25, 0.3) is 0 Å². The molecule has 0 aliphatic heterocycles. The Morgan fingerprint density at radius 3 is 2.38 bits per heavy atom. The lowest BCUT2D eigenvalue weighted by atomic mass is 9.82. The van der Waals surface area contributed by atoms with Gasteiger partial charge in [-0.2, -0.15) is 0 Å². The van der Waals surface area contributed by atoms with Gasteiger partial charge in [-0.15, -0.1) is 11.3 Å². The monoisotopic (exact) mass is 342 g/mol. The highest BCUT2D eigenvalue weighted by Crippen LogP contribution is 2.35. The van der Waals surface area contributed by atoms with E-state index < -0.39 is 0 Å². The largest absolute Gasteiger partial charge is 0.273 e. The third-order valence-electron chi connectivity index (χ3n) is 4.86. The van der Waals surface area contributed by atoms with Crippen molar-refractivity contribution in [1.29, 1.82) is 0 Å². The first-order valence-electron chi connectivity index (χ1n) is 8.71. The first-order valence-corrected chi connectivity index (χ1v) is 9.59. The second-order valence-electron chi connectivity index (χ2n) is 6.99. The van der Waals surface area contributed by atoms with Gasteiger partial charge in [0.1, 0.15) is 0 Å². The Balaban J connectivity index is 1.81. The molecule has 1 amide bonds. The summed E-state index contributed by atoms with van der Waals surface area (Å²) in [7, 11) is 3.90. The molecule has 0 saturated heterocycles. The molecule has 128 valence electrons. The van der Waals surface area contributed by atoms with E-state index in [-0.39, 0.29) is 11.8 Å². The van der Waals surface area contributed by atoms with Crippen LogP contribution in [0.3, 0.4) is 0 Å². The van der Waals surface area contributed by atoms with Gasteiger partial charge in [0.05, 0.1) is 5.69 Å². The molecule has 1 saturated carbocycles. The Labute approximate surface area is 148 Å². The molecule has 1 aromatic heterocycles. The fourth-order valence-corrected chi connectivity index (χ4v) is 4.30. The number of carbonyl (C=O) groups is 1. The van der Waals surface area contributed by atoms with Crippen molar-refractivity contribution in [3.05, 3.63) is 41.8 Å². The third kappa shape index (κ3) is 3.70. The molecule has 0 radical (unpaired) electrons. The highest BCUT2D eigenvalue weighted by atomic mass is 32.1. The molecule has 0 unspecified atom stereocenters. The van der Waals surface area contributed by atoms with Crippen LogP contribution in [0.15, 0.2) is 41.8 Å². The fourth-order valence-electron chi connectivity index (χ4n) is 3.43. The summed E-state index contributed by atoms with van der Waals surface area (Å²) in [5.74, 6) is 1.15. The topological polar surface area (TPSA) is 23.6 Å². The van der Waals surface area contributed by atoms with E-state index in [2.05, 4.69) is 30.5 Å². The molecule has 24 heavy (non-hydrogen) atoms. The zero-order valence-corrected chi connectivity index (χ0v) is 15.6. The third-order valence-corrected chi connectivity index (χ3v) is 5.83. The zero-order chi connectivity index (χ0) is 17.1. The number of hydrogen-bond donors (Lipinski definition) is 0. The maximum absolute atomic E-state index is 13.1. The van der Waals surface area contributed by atoms with Crippen molar-refractivity contribution in [3.63, 3.8) is 0 Å². The fraction of sp³-hybridized carbons (Fsp3) is 0.450. The van der Waals surface area contributed by atoms with Crippen LogP contribution in [-0.4, -0.2) is 25.0 Å². The van der Waals surface area contributed by atoms with Crippen LogP contribution < -0.4 is 5.01 Å². The zero-order valence-electron chi connectivity index (χ0n) is 14.7. The van der Waals surface area contributed by atoms with Crippen LogP contribution in [0.4, 0.5) is 5.69 Å². The van der Waals surface area contributed by atoms with Crippen LogP contribution in [0.25, 0.3) is 10.4 Å². The van der Waals surface area contributed by atoms with Gasteiger partial charge in [-0.1, -0.05) is 37.3 Å². The highest BCUT2D eigenvalue weighted by Gasteiger charge is 2.30. The van der Waals surface area contributed by atoms with Crippen LogP contribution in [0.5, 0.6) is 0 Å². The predicted octanol–water partition coefficient (Wildman–Crippen LogP) is 5.05. The van der Waals surface area contributed by atoms with Crippen molar-refractivity contribution >= 4 is 22.9 Å². The summed E-state index contributed by atoms with van der Waals surface area (Å²) in [4.78, 5) is 14.3. The van der Waals surface area contributed by atoms with Crippen molar-refractivity contribution in [1.82, 2.24) is 5.01 Å². The first-order chi connectivity index (χ1) is 11.6. The molecule has 1 heterocycles. The van der Waals surface area contributed by atoms with E-state index in [0.717, 1.165) is 37.3 Å². The van der Waals surface area contributed by atoms with Crippen LogP contribution in [0, 0.1) is 11.8 Å². The number of hydrazine groups is 1. The maximum atomic E-state index is 13.1. The van der Waals surface area contributed by atoms with E-state index in [1.807, 2.05) is 42.3 Å². The van der Waals surface area contributed by atoms with E-state index in [9.17, 15) is 4.79 Å². The van der Waals surface area contributed by atoms with Crippen LogP contribution in [0.1, 0.15) is 32.6 Å². The minimum atomic E-state index is 0.156. The van der Waals surface area contributed by atoms with Crippen LogP contribution in [0.2, 0.25) is 0 Å². The highest BCUT2D eigenvalue weighted by molar-refractivity contribution is 7.14. The summed E-state index contributed by atoms with van der Waals surface area (Å²) in [5, 5.41) is 5.85. The molecule has 1 aromatic carbocycles. The Morgan fingerprint density at radius 2 is 1.75 bits per heavy atom. The van der Waals surface area contributed by atoms with E-state index in [1.165, 1.54) is 10.4 Å². The Bertz CT molecular complexity index is 672. The minimum absolute atomic E-state index is 0.156. The first kappa shape index (κ1) is 17.2. The summed E-state index contributed by atoms with van der Waals surface area (Å²) >= 11 is 1.69. The van der Waals surface area contributed by atoms with Gasteiger partial charge in [0.2, 0.25) is 5.91 Å². The number of rotatable bonds is 4. The molecule has 4 heteroatoms. The number of carbonyl (C=O) groups excluding carboxylic acids is 1. The van der Waals surface area contributed by atoms with Gasteiger partial charge < -0.3 is 0 Å². The molecular weight excluding hydrogens is 316 g/mol. The molecule has 0 bridgehead atoms. The van der Waals surface area contributed by atoms with Gasteiger partial charge in [0.15, 0.2) is 0 Å². The van der Waals surface area contributed by atoms with Gasteiger partial charge in [0, 0.05) is 30.3 Å². The summed E-state index contributed by atoms with van der Waals surface area (Å²) < 4.78 is 0. The maximum Gasteiger partial charge on any atom is 0.244 e. The number of anilines is 1. The Kier molecular flexibility index (Phi) is 5.36. The second kappa shape index (κ2) is 7.49. The summed E-state index contributed by atoms with van der Waals surface area (Å²) in [6.07, 6.45) is 4.35. The van der Waals surface area contributed by atoms with Gasteiger partial charge in [-0.3, -0.25) is 4.79 Å². The SMILES string of the molecule is CC1CCC(C(=O)N(c2csc(-c3ccccc3)c2)N(C)C)CC1. The van der Waals surface area contributed by atoms with Crippen LogP contribution in [-0.2, 0) is 4.79 Å². The van der Waals surface area contributed by atoms with Crippen LogP contribution >= 0.6 is 11.3 Å². The molecule has 1 aliphatic rings. The molecule has 3 nitrogen and oxygen atoms in total. The van der Waals surface area contributed by atoms with Crippen molar-refractivity contribution in [2.45, 2.75) is 32.6 Å². The van der Waals surface area contributed by atoms with E-state index in [1.54, 1.807) is 11.3 Å². The molecule has 0 spiro atoms. The number of hydrogen-bond acceptors (Lipinski definition) is 3. The molecule has 0 N–H and O–H groups in total. The lowest BCUT2D eigenvalue weighted by molar-refractivity contribution is -0.126. The van der Waals surface area contributed by atoms with Gasteiger partial charge >= 0.3 is 0 Å². The molecule has 1 aliphatic carbocycles. The van der Waals surface area contributed by atoms with E-state index in [0.29, 0.717) is 0 Å². The summed E-state index contributed by atoms with van der Waals surface area (Å²) in [6, 6.07) is 12.5. The molecule has 2 aromatic rings. The lowest BCUT2D eigenvalue weighted by Gasteiger charge is -2.34. The van der Waals surface area contributed by atoms with Crippen molar-refractivity contribution < 1.29 is 4.79 Å². The average Bonchev–Trinajstić information content (AvgIpc) is 3.05. The number of nitrogens with zero attached hydrogens (tertiary/aromatic N) is 2. The van der Waals surface area contributed by atoms with E-state index >= 15 is 0 Å². The lowest BCUT2D eigenvalue weighted by Crippen LogP contribution is -2.45. The van der Waals surface area contributed by atoms with Crippen molar-refractivity contribution in [2.24, 2.45) is 11.8 Å². The number of benzene rings is 1.